The number of hydrogen-bond acceptors (Lipinski definition) is 4. The van der Waals surface area contributed by atoms with Crippen molar-refractivity contribution in [3.63, 3.8) is 0 Å². The minimum absolute atomic E-state index is 0.00877. The number of carbonyl (C=O) groups is 1. The van der Waals surface area contributed by atoms with Crippen molar-refractivity contribution in [2.45, 2.75) is 26.6 Å². The zero-order valence-corrected chi connectivity index (χ0v) is 12.8. The molecule has 0 aliphatic carbocycles. The fourth-order valence-corrected chi connectivity index (χ4v) is 2.82. The average Bonchev–Trinajstić information content (AvgIpc) is 3.11. The molecule has 3 aliphatic heterocycles. The minimum atomic E-state index is -0.172. The highest BCUT2D eigenvalue weighted by Crippen LogP contribution is 2.32. The van der Waals surface area contributed by atoms with Gasteiger partial charge in [0.15, 0.2) is 0 Å². The fraction of sp³-hybridized carbons (Fsp3) is 0.235. The van der Waals surface area contributed by atoms with Gasteiger partial charge >= 0.3 is 0 Å². The zero-order chi connectivity index (χ0) is 15.7. The highest BCUT2D eigenvalue weighted by atomic mass is 16.1. The van der Waals surface area contributed by atoms with Crippen LogP contribution < -0.4 is 16.5 Å². The predicted octanol–water partition coefficient (Wildman–Crippen LogP) is 1.86. The Morgan fingerprint density at radius 1 is 1.32 bits per heavy atom. The molecule has 114 valence electrons. The molecule has 0 spiro atoms. The molecule has 4 rings (SSSR count). The molecule has 0 bridgehead atoms. The maximum Gasteiger partial charge on any atom is 0.251 e. The van der Waals surface area contributed by atoms with Gasteiger partial charge in [0.25, 0.3) is 5.91 Å². The van der Waals surface area contributed by atoms with E-state index in [9.17, 15) is 4.79 Å². The van der Waals surface area contributed by atoms with Crippen LogP contribution in [0.4, 0.5) is 0 Å². The Morgan fingerprint density at radius 3 is 2.95 bits per heavy atom. The van der Waals surface area contributed by atoms with Crippen molar-refractivity contribution in [3.05, 3.63) is 65.0 Å². The Labute approximate surface area is 130 Å². The first-order chi connectivity index (χ1) is 10.7. The first-order valence-corrected chi connectivity index (χ1v) is 7.55. The summed E-state index contributed by atoms with van der Waals surface area (Å²) in [4.78, 5) is 11.6. The van der Waals surface area contributed by atoms with E-state index in [1.54, 1.807) is 0 Å². The minimum Gasteiger partial charge on any atom is -0.348 e. The molecule has 0 fully saturated rings. The topological polar surface area (TPSA) is 70.4 Å². The molecule has 22 heavy (non-hydrogen) atoms. The lowest BCUT2D eigenvalue weighted by atomic mass is 9.96. The third kappa shape index (κ3) is 2.34. The van der Waals surface area contributed by atoms with Crippen molar-refractivity contribution < 1.29 is 4.79 Å². The summed E-state index contributed by atoms with van der Waals surface area (Å²) in [5.41, 5.74) is 14.1. The van der Waals surface area contributed by atoms with E-state index in [0.29, 0.717) is 6.54 Å². The lowest BCUT2D eigenvalue weighted by molar-refractivity contribution is 0.0966. The summed E-state index contributed by atoms with van der Waals surface area (Å²) in [5, 5.41) is 4.77. The number of hydrazine groups is 1. The third-order valence-electron chi connectivity index (χ3n) is 3.76. The second kappa shape index (κ2) is 5.79. The number of carbonyl (C=O) groups excluding carboxylic acids is 1. The van der Waals surface area contributed by atoms with E-state index >= 15 is 0 Å². The van der Waals surface area contributed by atoms with Gasteiger partial charge in [-0.15, -0.1) is 0 Å². The van der Waals surface area contributed by atoms with Crippen LogP contribution in [0.3, 0.4) is 0 Å². The molecule has 5 nitrogen and oxygen atoms in total. The molecule has 1 amide bonds. The van der Waals surface area contributed by atoms with Crippen LogP contribution in [0.5, 0.6) is 0 Å². The van der Waals surface area contributed by atoms with E-state index in [-0.39, 0.29) is 12.1 Å². The van der Waals surface area contributed by atoms with Gasteiger partial charge in [0.2, 0.25) is 0 Å². The van der Waals surface area contributed by atoms with Gasteiger partial charge in [-0.05, 0) is 35.4 Å². The molecular weight excluding hydrogens is 276 g/mol. The number of fused-ring (bicyclic) bond motifs is 2. The number of allylic oxidation sites excluding steroid dienone is 3. The monoisotopic (exact) mass is 296 g/mol. The van der Waals surface area contributed by atoms with Gasteiger partial charge in [-0.1, -0.05) is 26.0 Å². The van der Waals surface area contributed by atoms with Crippen LogP contribution in [0, 0.1) is 0 Å². The number of nitrogens with two attached hydrogens (primary N) is 1. The molecule has 4 N–H and O–H groups in total. The lowest BCUT2D eigenvalue weighted by Gasteiger charge is -2.23. The summed E-state index contributed by atoms with van der Waals surface area (Å²) in [7, 11) is 0. The number of nitrogens with zero attached hydrogens (tertiary/aromatic N) is 1. The first-order valence-electron chi connectivity index (χ1n) is 7.55. The van der Waals surface area contributed by atoms with Gasteiger partial charge in [-0.2, -0.15) is 0 Å². The van der Waals surface area contributed by atoms with Gasteiger partial charge in [0.1, 0.15) is 0 Å². The number of amides is 1. The molecule has 5 heteroatoms. The van der Waals surface area contributed by atoms with Crippen molar-refractivity contribution in [2.24, 2.45) is 5.73 Å². The van der Waals surface area contributed by atoms with Crippen LogP contribution in [0.2, 0.25) is 0 Å². The standard InChI is InChI=1S/C15H14N4O.C2H6/c16-14-7-13-11(2-1-5-19(13)18-14)9-3-4-12-10(6-9)8-17-15(12)20;1-2/h1-7,14,18H,8,16H2,(H,17,20);1-2H3. The molecule has 3 heterocycles. The number of hydrogen-bond donors (Lipinski definition) is 3. The maximum atomic E-state index is 11.6. The van der Waals surface area contributed by atoms with Crippen LogP contribution in [0.15, 0.2) is 48.3 Å². The summed E-state index contributed by atoms with van der Waals surface area (Å²) < 4.78 is 0. The smallest absolute Gasteiger partial charge is 0.251 e. The SMILES string of the molecule is CC.NC1C=C2C(c3ccc4c(c3)CNC4=O)=CC=CN2N1. The predicted molar refractivity (Wildman–Crippen MR) is 87.1 cm³/mol. The van der Waals surface area contributed by atoms with Crippen LogP contribution in [0.1, 0.15) is 35.3 Å². The van der Waals surface area contributed by atoms with E-state index in [1.165, 1.54) is 0 Å². The van der Waals surface area contributed by atoms with Gasteiger partial charge in [-0.3, -0.25) is 9.80 Å². The normalized spacial score (nSPS) is 21.3. The largest absolute Gasteiger partial charge is 0.348 e. The van der Waals surface area contributed by atoms with Gasteiger partial charge < -0.3 is 11.1 Å². The van der Waals surface area contributed by atoms with Crippen molar-refractivity contribution in [3.8, 4) is 0 Å². The third-order valence-corrected chi connectivity index (χ3v) is 3.76. The van der Waals surface area contributed by atoms with Crippen LogP contribution >= 0.6 is 0 Å². The van der Waals surface area contributed by atoms with E-state index in [1.807, 2.05) is 49.3 Å². The molecular formula is C17H20N4O. The number of nitrogens with one attached hydrogen (secondary N) is 2. The molecule has 0 radical (unpaired) electrons. The molecule has 0 saturated heterocycles. The van der Waals surface area contributed by atoms with Crippen LogP contribution in [-0.4, -0.2) is 17.1 Å². The molecule has 1 aromatic carbocycles. The van der Waals surface area contributed by atoms with E-state index in [2.05, 4.69) is 22.9 Å². The van der Waals surface area contributed by atoms with Crippen LogP contribution in [0.25, 0.3) is 5.57 Å². The first kappa shape index (κ1) is 14.6. The second-order valence-corrected chi connectivity index (χ2v) is 5.05. The van der Waals surface area contributed by atoms with Crippen molar-refractivity contribution in [1.29, 1.82) is 0 Å². The Hall–Kier alpha value is -2.37. The van der Waals surface area contributed by atoms with Crippen molar-refractivity contribution >= 4 is 11.5 Å². The Bertz CT molecular complexity index is 703. The Kier molecular flexibility index (Phi) is 3.83. The van der Waals surface area contributed by atoms with Crippen LogP contribution in [-0.2, 0) is 6.54 Å². The number of benzene rings is 1. The van der Waals surface area contributed by atoms with E-state index in [0.717, 1.165) is 28.0 Å². The zero-order valence-electron chi connectivity index (χ0n) is 12.8. The summed E-state index contributed by atoms with van der Waals surface area (Å²) in [6.07, 6.45) is 7.81. The van der Waals surface area contributed by atoms with Crippen molar-refractivity contribution in [2.75, 3.05) is 0 Å². The maximum absolute atomic E-state index is 11.6. The molecule has 0 aromatic heterocycles. The molecule has 0 saturated carbocycles. The summed E-state index contributed by atoms with van der Waals surface area (Å²) in [6, 6.07) is 5.94. The molecule has 1 aromatic rings. The average molecular weight is 296 g/mol. The Balaban J connectivity index is 0.000000693. The van der Waals surface area contributed by atoms with E-state index < -0.39 is 0 Å². The molecule has 3 aliphatic rings. The van der Waals surface area contributed by atoms with E-state index in [4.69, 9.17) is 5.73 Å². The highest BCUT2D eigenvalue weighted by Gasteiger charge is 2.25. The lowest BCUT2D eigenvalue weighted by Crippen LogP contribution is -2.39. The second-order valence-electron chi connectivity index (χ2n) is 5.05. The molecule has 1 atom stereocenters. The molecule has 1 unspecified atom stereocenters. The van der Waals surface area contributed by atoms with Gasteiger partial charge in [-0.25, -0.2) is 5.43 Å². The van der Waals surface area contributed by atoms with Crippen molar-refractivity contribution in [1.82, 2.24) is 15.8 Å². The number of rotatable bonds is 1. The summed E-state index contributed by atoms with van der Waals surface area (Å²) in [5.74, 6) is 0.00877. The quantitative estimate of drug-likeness (QED) is 0.740. The summed E-state index contributed by atoms with van der Waals surface area (Å²) in [6.45, 7) is 4.60. The fourth-order valence-electron chi connectivity index (χ4n) is 2.82. The highest BCUT2D eigenvalue weighted by molar-refractivity contribution is 5.99. The van der Waals surface area contributed by atoms with Gasteiger partial charge in [0.05, 0.1) is 11.9 Å². The summed E-state index contributed by atoms with van der Waals surface area (Å²) >= 11 is 0. The van der Waals surface area contributed by atoms with Gasteiger partial charge in [0, 0.05) is 23.9 Å². The Morgan fingerprint density at radius 2 is 2.14 bits per heavy atom.